The number of hydrogen-bond donors (Lipinski definition) is 1. The van der Waals surface area contributed by atoms with Gasteiger partial charge in [-0.3, -0.25) is 0 Å². The predicted molar refractivity (Wildman–Crippen MR) is 65.5 cm³/mol. The van der Waals surface area contributed by atoms with Crippen LogP contribution in [0.4, 0.5) is 0 Å². The van der Waals surface area contributed by atoms with Gasteiger partial charge in [-0.25, -0.2) is 0 Å². The van der Waals surface area contributed by atoms with E-state index in [1.165, 1.54) is 0 Å². The Hall–Kier alpha value is 1.41. The van der Waals surface area contributed by atoms with Crippen molar-refractivity contribution >= 4 is 29.7 Å². The first-order valence-electron chi connectivity index (χ1n) is 4.62. The van der Waals surface area contributed by atoms with Crippen LogP contribution in [0.3, 0.4) is 0 Å². The Morgan fingerprint density at radius 2 is 1.40 bits per heavy atom. The molecule has 0 spiro atoms. The quantitative estimate of drug-likeness (QED) is 0.451. The first kappa shape index (κ1) is 18.8. The standard InChI is InChI=1S/C8H19O2PS2.Mo.O/c1-7(2)5-9-11(12,13)10-6-8(3)4;;/h7-8H,5-6H2,1-4H3,(H,12,13);;. The van der Waals surface area contributed by atoms with Gasteiger partial charge in [0.25, 0.3) is 0 Å². The third-order valence-electron chi connectivity index (χ3n) is 1.14. The van der Waals surface area contributed by atoms with Crippen molar-refractivity contribution < 1.29 is 32.2 Å². The zero-order valence-electron chi connectivity index (χ0n) is 9.50. The molecule has 0 saturated carbocycles. The van der Waals surface area contributed by atoms with E-state index in [1.807, 2.05) is 0 Å². The Bertz CT molecular complexity index is 186. The zero-order valence-corrected chi connectivity index (χ0v) is 14.1. The van der Waals surface area contributed by atoms with E-state index >= 15 is 0 Å². The van der Waals surface area contributed by atoms with Crippen molar-refractivity contribution in [2.45, 2.75) is 27.7 Å². The number of rotatable bonds is 6. The molecule has 3 nitrogen and oxygen atoms in total. The summed E-state index contributed by atoms with van der Waals surface area (Å²) in [5.41, 5.74) is -2.27. The molecule has 0 aliphatic heterocycles. The van der Waals surface area contributed by atoms with Crippen LogP contribution < -0.4 is 0 Å². The average molecular weight is 354 g/mol. The van der Waals surface area contributed by atoms with E-state index < -0.39 is 5.69 Å². The van der Waals surface area contributed by atoms with Crippen LogP contribution in [-0.2, 0) is 44.0 Å². The van der Waals surface area contributed by atoms with E-state index in [2.05, 4.69) is 39.9 Å². The van der Waals surface area contributed by atoms with Crippen LogP contribution in [0.1, 0.15) is 27.7 Å². The monoisotopic (exact) mass is 356 g/mol. The summed E-state index contributed by atoms with van der Waals surface area (Å²) in [5.74, 6) is 0.939. The molecular weight excluding hydrogens is 335 g/mol. The molecule has 0 fully saturated rings. The second kappa shape index (κ2) is 10.6. The van der Waals surface area contributed by atoms with Crippen LogP contribution in [-0.4, -0.2) is 13.2 Å². The van der Waals surface area contributed by atoms with Crippen molar-refractivity contribution in [3.63, 3.8) is 0 Å². The van der Waals surface area contributed by atoms with Gasteiger partial charge in [0, 0.05) is 0 Å². The maximum atomic E-state index is 8.26. The second-order valence-corrected chi connectivity index (χ2v) is 9.14. The summed E-state index contributed by atoms with van der Waals surface area (Å²) in [6, 6.07) is 0. The third kappa shape index (κ3) is 15.4. The van der Waals surface area contributed by atoms with Crippen LogP contribution in [0.5, 0.6) is 0 Å². The molecule has 0 rings (SSSR count). The Balaban J connectivity index is 0. The van der Waals surface area contributed by atoms with E-state index in [-0.39, 0.29) is 0 Å². The molecule has 0 aromatic rings. The molecule has 0 bridgehead atoms. The summed E-state index contributed by atoms with van der Waals surface area (Å²) in [5, 5.41) is 0. The molecule has 0 aliphatic rings. The maximum absolute atomic E-state index is 8.26. The molecule has 0 aliphatic carbocycles. The Morgan fingerprint density at radius 3 is 1.60 bits per heavy atom. The Kier molecular flexibility index (Phi) is 13.2. The average Bonchev–Trinajstić information content (AvgIpc) is 2.16. The first-order chi connectivity index (χ1) is 6.83. The third-order valence-corrected chi connectivity index (χ3v) is 3.42. The molecule has 0 atom stereocenters. The Morgan fingerprint density at radius 1 is 1.13 bits per heavy atom. The van der Waals surface area contributed by atoms with Crippen molar-refractivity contribution in [2.24, 2.45) is 11.8 Å². The van der Waals surface area contributed by atoms with Crippen molar-refractivity contribution in [1.82, 2.24) is 0 Å². The van der Waals surface area contributed by atoms with Gasteiger partial charge in [-0.2, -0.15) is 0 Å². The molecule has 0 aromatic carbocycles. The minimum atomic E-state index is -2.27. The first-order valence-corrected chi connectivity index (χ1v) is 9.23. The van der Waals surface area contributed by atoms with E-state index in [1.54, 1.807) is 0 Å². The van der Waals surface area contributed by atoms with Crippen molar-refractivity contribution in [3.05, 3.63) is 0 Å². The van der Waals surface area contributed by atoms with E-state index in [9.17, 15) is 0 Å². The van der Waals surface area contributed by atoms with Crippen molar-refractivity contribution in [1.29, 1.82) is 0 Å². The molecule has 0 saturated heterocycles. The van der Waals surface area contributed by atoms with Gasteiger partial charge in [-0.05, 0) is 23.6 Å². The summed E-state index contributed by atoms with van der Waals surface area (Å²) in [7, 11) is 0. The molecule has 0 heterocycles. The molecule has 92 valence electrons. The fourth-order valence-corrected chi connectivity index (χ4v) is 2.34. The van der Waals surface area contributed by atoms with E-state index in [4.69, 9.17) is 24.3 Å². The molecule has 0 N–H and O–H groups in total. The molecule has 0 unspecified atom stereocenters. The van der Waals surface area contributed by atoms with Gasteiger partial charge in [-0.1, -0.05) is 39.9 Å². The predicted octanol–water partition coefficient (Wildman–Crippen LogP) is 3.36. The van der Waals surface area contributed by atoms with E-state index in [0.717, 1.165) is 0 Å². The zero-order chi connectivity index (χ0) is 12.5. The van der Waals surface area contributed by atoms with Gasteiger partial charge >= 0.3 is 23.2 Å². The van der Waals surface area contributed by atoms with Crippen LogP contribution in [0, 0.1) is 11.8 Å². The topological polar surface area (TPSA) is 35.5 Å². The second-order valence-electron chi connectivity index (χ2n) is 3.85. The molecular formula is C8H19MoO3PS2. The van der Waals surface area contributed by atoms with Crippen molar-refractivity contribution in [3.8, 4) is 0 Å². The van der Waals surface area contributed by atoms with E-state index in [0.29, 0.717) is 44.8 Å². The normalized spacial score (nSPS) is 11.4. The number of hydrogen-bond acceptors (Lipinski definition) is 4. The molecule has 0 radical (unpaired) electrons. The number of thiol groups is 1. The molecule has 15 heavy (non-hydrogen) atoms. The fraction of sp³-hybridized carbons (Fsp3) is 1.00. The van der Waals surface area contributed by atoms with Gasteiger partial charge in [0.05, 0.1) is 13.2 Å². The van der Waals surface area contributed by atoms with Gasteiger partial charge in [0.15, 0.2) is 0 Å². The SMILES string of the molecule is CC(C)COP(=S)(S)OCC(C)C.[O]=[Mo]. The van der Waals surface area contributed by atoms with Crippen molar-refractivity contribution in [2.75, 3.05) is 13.2 Å². The Labute approximate surface area is 114 Å². The molecule has 7 heteroatoms. The summed E-state index contributed by atoms with van der Waals surface area (Å²) >= 11 is 10.0. The summed E-state index contributed by atoms with van der Waals surface area (Å²) in [4.78, 5) is 0. The van der Waals surface area contributed by atoms with Crippen LogP contribution >= 0.6 is 17.9 Å². The van der Waals surface area contributed by atoms with Gasteiger partial charge < -0.3 is 9.05 Å². The molecule has 0 aromatic heterocycles. The van der Waals surface area contributed by atoms with Crippen LogP contribution in [0.25, 0.3) is 0 Å². The molecule has 0 amide bonds. The fourth-order valence-electron chi connectivity index (χ4n) is 0.524. The minimum absolute atomic E-state index is 0.470. The van der Waals surface area contributed by atoms with Crippen LogP contribution in [0.2, 0.25) is 0 Å². The van der Waals surface area contributed by atoms with Gasteiger partial charge in [0.2, 0.25) is 5.69 Å². The van der Waals surface area contributed by atoms with Gasteiger partial charge in [0.1, 0.15) is 0 Å². The summed E-state index contributed by atoms with van der Waals surface area (Å²) in [6.45, 7) is 9.55. The van der Waals surface area contributed by atoms with Gasteiger partial charge in [-0.15, -0.1) is 0 Å². The summed E-state index contributed by atoms with van der Waals surface area (Å²) in [6.07, 6.45) is 0. The van der Waals surface area contributed by atoms with Crippen LogP contribution in [0.15, 0.2) is 0 Å². The summed E-state index contributed by atoms with van der Waals surface area (Å²) < 4.78 is 19.1.